The lowest BCUT2D eigenvalue weighted by Gasteiger charge is -2.09. The summed E-state index contributed by atoms with van der Waals surface area (Å²) in [5, 5.41) is 13.7. The van der Waals surface area contributed by atoms with Crippen LogP contribution in [0.1, 0.15) is 12.2 Å². The summed E-state index contributed by atoms with van der Waals surface area (Å²) in [7, 11) is 0. The second-order valence-corrected chi connectivity index (χ2v) is 6.01. The monoisotopic (exact) mass is 349 g/mol. The van der Waals surface area contributed by atoms with Gasteiger partial charge < -0.3 is 14.5 Å². The fourth-order valence-electron chi connectivity index (χ4n) is 2.13. The van der Waals surface area contributed by atoms with E-state index in [9.17, 15) is 14.9 Å². The molecule has 0 radical (unpaired) electrons. The van der Waals surface area contributed by atoms with Crippen LogP contribution in [-0.4, -0.2) is 23.5 Å². The van der Waals surface area contributed by atoms with E-state index in [1.54, 1.807) is 6.07 Å². The highest BCUT2D eigenvalue weighted by Gasteiger charge is 2.26. The van der Waals surface area contributed by atoms with Gasteiger partial charge in [-0.3, -0.25) is 14.9 Å². The average molecular weight is 349 g/mol. The molecular weight excluding hydrogens is 334 g/mol. The zero-order valence-electron chi connectivity index (χ0n) is 12.6. The van der Waals surface area contributed by atoms with Gasteiger partial charge in [-0.15, -0.1) is 0 Å². The second kappa shape index (κ2) is 7.37. The van der Waals surface area contributed by atoms with E-state index in [0.29, 0.717) is 25.3 Å². The first kappa shape index (κ1) is 16.3. The largest absolute Gasteiger partial charge is 0.464 e. The van der Waals surface area contributed by atoms with Gasteiger partial charge >= 0.3 is 11.9 Å². The van der Waals surface area contributed by atoms with Crippen LogP contribution < -0.4 is 10.0 Å². The molecule has 0 saturated carbocycles. The number of benzene rings is 1. The number of carbonyl (C=O) groups excluding carboxylic acids is 1. The predicted octanol–water partition coefficient (Wildman–Crippen LogP) is 2.71. The zero-order valence-corrected chi connectivity index (χ0v) is 13.4. The SMILES string of the molecule is O=C1OCCC1NSc1ccc(NCc2ccc([N+](=O)[O-])o2)cc1. The molecular formula is C15H15N3O5S. The van der Waals surface area contributed by atoms with Crippen LogP contribution in [0.2, 0.25) is 0 Å². The highest BCUT2D eigenvalue weighted by Crippen LogP contribution is 2.21. The van der Waals surface area contributed by atoms with Crippen molar-refractivity contribution in [2.24, 2.45) is 0 Å². The molecule has 0 amide bonds. The molecule has 1 unspecified atom stereocenters. The third-order valence-corrected chi connectivity index (χ3v) is 4.31. The molecule has 1 atom stereocenters. The highest BCUT2D eigenvalue weighted by molar-refractivity contribution is 7.97. The minimum absolute atomic E-state index is 0.215. The van der Waals surface area contributed by atoms with E-state index in [2.05, 4.69) is 10.0 Å². The van der Waals surface area contributed by atoms with Gasteiger partial charge in [0.1, 0.15) is 16.7 Å². The molecule has 24 heavy (non-hydrogen) atoms. The van der Waals surface area contributed by atoms with Crippen LogP contribution in [0.15, 0.2) is 45.7 Å². The Morgan fingerprint density at radius 1 is 1.25 bits per heavy atom. The molecule has 9 heteroatoms. The number of carbonyl (C=O) groups is 1. The van der Waals surface area contributed by atoms with Crippen molar-refractivity contribution >= 4 is 29.5 Å². The van der Waals surface area contributed by atoms with E-state index in [4.69, 9.17) is 9.15 Å². The average Bonchev–Trinajstić information content (AvgIpc) is 3.21. The van der Waals surface area contributed by atoms with Gasteiger partial charge in [-0.05, 0) is 42.3 Å². The van der Waals surface area contributed by atoms with E-state index in [1.165, 1.54) is 18.0 Å². The Balaban J connectivity index is 1.48. The number of furan rings is 1. The lowest BCUT2D eigenvalue weighted by atomic mass is 10.3. The Bertz CT molecular complexity index is 731. The van der Waals surface area contributed by atoms with Gasteiger partial charge in [0, 0.05) is 17.0 Å². The van der Waals surface area contributed by atoms with Crippen molar-refractivity contribution in [1.82, 2.24) is 4.72 Å². The van der Waals surface area contributed by atoms with Crippen LogP contribution in [0.4, 0.5) is 11.6 Å². The first-order valence-corrected chi connectivity index (χ1v) is 8.09. The summed E-state index contributed by atoms with van der Waals surface area (Å²) in [6, 6.07) is 10.2. The van der Waals surface area contributed by atoms with Crippen LogP contribution in [0.3, 0.4) is 0 Å². The number of nitrogens with one attached hydrogen (secondary N) is 2. The molecule has 1 aromatic heterocycles. The fraction of sp³-hybridized carbons (Fsp3) is 0.267. The van der Waals surface area contributed by atoms with E-state index < -0.39 is 4.92 Å². The Labute approximate surface area is 141 Å². The minimum atomic E-state index is -0.567. The number of hydrogen-bond acceptors (Lipinski definition) is 8. The fourth-order valence-corrected chi connectivity index (χ4v) is 2.90. The molecule has 1 aromatic carbocycles. The third-order valence-electron chi connectivity index (χ3n) is 3.40. The summed E-state index contributed by atoms with van der Waals surface area (Å²) in [4.78, 5) is 22.3. The minimum Gasteiger partial charge on any atom is -0.464 e. The third kappa shape index (κ3) is 4.06. The van der Waals surface area contributed by atoms with Crippen molar-refractivity contribution < 1.29 is 18.9 Å². The number of esters is 1. The summed E-state index contributed by atoms with van der Waals surface area (Å²) < 4.78 is 13.0. The van der Waals surface area contributed by atoms with Crippen molar-refractivity contribution in [3.05, 3.63) is 52.3 Å². The van der Waals surface area contributed by atoms with Gasteiger partial charge in [0.05, 0.1) is 19.2 Å². The van der Waals surface area contributed by atoms with Gasteiger partial charge in [0.25, 0.3) is 0 Å². The van der Waals surface area contributed by atoms with Crippen molar-refractivity contribution in [3.8, 4) is 0 Å². The molecule has 1 aliphatic rings. The molecule has 0 bridgehead atoms. The normalized spacial score (nSPS) is 16.8. The first-order chi connectivity index (χ1) is 11.6. The second-order valence-electron chi connectivity index (χ2n) is 5.10. The van der Waals surface area contributed by atoms with Gasteiger partial charge in [0.2, 0.25) is 0 Å². The number of anilines is 1. The molecule has 8 nitrogen and oxygen atoms in total. The summed E-state index contributed by atoms with van der Waals surface area (Å²) in [6.07, 6.45) is 0.681. The van der Waals surface area contributed by atoms with Gasteiger partial charge in [-0.2, -0.15) is 0 Å². The van der Waals surface area contributed by atoms with Gasteiger partial charge in [0.15, 0.2) is 0 Å². The smallest absolute Gasteiger partial charge is 0.433 e. The molecule has 2 aromatic rings. The number of cyclic esters (lactones) is 1. The predicted molar refractivity (Wildman–Crippen MR) is 87.5 cm³/mol. The quantitative estimate of drug-likeness (QED) is 0.340. The highest BCUT2D eigenvalue weighted by atomic mass is 32.2. The molecule has 1 saturated heterocycles. The maximum absolute atomic E-state index is 11.4. The van der Waals surface area contributed by atoms with Crippen molar-refractivity contribution in [2.45, 2.75) is 23.9 Å². The molecule has 0 aliphatic carbocycles. The van der Waals surface area contributed by atoms with Gasteiger partial charge in [-0.25, -0.2) is 4.72 Å². The number of nitrogens with zero attached hydrogens (tertiary/aromatic N) is 1. The summed E-state index contributed by atoms with van der Waals surface area (Å²) in [6.45, 7) is 0.817. The lowest BCUT2D eigenvalue weighted by Crippen LogP contribution is -2.27. The van der Waals surface area contributed by atoms with Gasteiger partial charge in [-0.1, -0.05) is 0 Å². The Morgan fingerprint density at radius 2 is 2.04 bits per heavy atom. The number of ether oxygens (including phenoxy) is 1. The summed E-state index contributed by atoms with van der Waals surface area (Å²) in [5.74, 6) is 0.00459. The van der Waals surface area contributed by atoms with Crippen molar-refractivity contribution in [3.63, 3.8) is 0 Å². The molecule has 2 N–H and O–H groups in total. The van der Waals surface area contributed by atoms with E-state index in [-0.39, 0.29) is 17.9 Å². The Kier molecular flexibility index (Phi) is 5.02. The maximum atomic E-state index is 11.4. The molecule has 2 heterocycles. The zero-order chi connectivity index (χ0) is 16.9. The van der Waals surface area contributed by atoms with Crippen LogP contribution >= 0.6 is 11.9 Å². The first-order valence-electron chi connectivity index (χ1n) is 7.28. The van der Waals surface area contributed by atoms with Crippen LogP contribution in [-0.2, 0) is 16.1 Å². The van der Waals surface area contributed by atoms with Crippen molar-refractivity contribution in [2.75, 3.05) is 11.9 Å². The molecule has 126 valence electrons. The number of rotatable bonds is 7. The lowest BCUT2D eigenvalue weighted by molar-refractivity contribution is -0.402. The van der Waals surface area contributed by atoms with E-state index >= 15 is 0 Å². The van der Waals surface area contributed by atoms with E-state index in [1.807, 2.05) is 24.3 Å². The van der Waals surface area contributed by atoms with Crippen LogP contribution in [0.5, 0.6) is 0 Å². The molecule has 1 aliphatic heterocycles. The van der Waals surface area contributed by atoms with E-state index in [0.717, 1.165) is 10.6 Å². The maximum Gasteiger partial charge on any atom is 0.433 e. The molecule has 1 fully saturated rings. The van der Waals surface area contributed by atoms with Crippen molar-refractivity contribution in [1.29, 1.82) is 0 Å². The van der Waals surface area contributed by atoms with Crippen LogP contribution in [0, 0.1) is 10.1 Å². The Morgan fingerprint density at radius 3 is 2.67 bits per heavy atom. The number of nitro groups is 1. The molecule has 0 spiro atoms. The van der Waals surface area contributed by atoms with Crippen LogP contribution in [0.25, 0.3) is 0 Å². The summed E-state index contributed by atoms with van der Waals surface area (Å²) >= 11 is 1.38. The Hall–Kier alpha value is -2.52. The number of hydrogen-bond donors (Lipinski definition) is 2. The molecule has 3 rings (SSSR count). The standard InChI is InChI=1S/C15H15N3O5S/c19-15-13(7-8-22-15)17-24-12-4-1-10(2-5-12)16-9-11-3-6-14(23-11)18(20)21/h1-6,13,16-17H,7-9H2. The summed E-state index contributed by atoms with van der Waals surface area (Å²) in [5.41, 5.74) is 0.860. The topological polar surface area (TPSA) is 107 Å².